The molecule has 2 rings (SSSR count). The number of unbranched alkanes of at least 4 members (excludes halogenated alkanes) is 2. The van der Waals surface area contributed by atoms with E-state index in [0.717, 1.165) is 22.9 Å². The van der Waals surface area contributed by atoms with Crippen LogP contribution < -0.4 is 11.1 Å². The molecule has 0 spiro atoms. The number of nitrogens with two attached hydrogens (primary N) is 1. The molecule has 4 heteroatoms. The lowest BCUT2D eigenvalue weighted by Gasteiger charge is -2.13. The highest BCUT2D eigenvalue weighted by molar-refractivity contribution is 7.21. The van der Waals surface area contributed by atoms with Crippen molar-refractivity contribution in [2.75, 3.05) is 5.73 Å². The molecule has 3 N–H and O–H groups in total. The van der Waals surface area contributed by atoms with Crippen LogP contribution in [0.5, 0.6) is 0 Å². The van der Waals surface area contributed by atoms with Crippen molar-refractivity contribution >= 4 is 33.0 Å². The fourth-order valence-electron chi connectivity index (χ4n) is 2.51. The van der Waals surface area contributed by atoms with Gasteiger partial charge in [-0.2, -0.15) is 0 Å². The molecule has 2 aromatic rings. The van der Waals surface area contributed by atoms with E-state index in [2.05, 4.69) is 19.2 Å². The van der Waals surface area contributed by atoms with Crippen molar-refractivity contribution in [2.45, 2.75) is 52.5 Å². The first kappa shape index (κ1) is 15.8. The van der Waals surface area contributed by atoms with Crippen molar-refractivity contribution in [3.05, 3.63) is 28.6 Å². The second-order valence-electron chi connectivity index (χ2n) is 5.67. The molecule has 1 aromatic carbocycles. The van der Waals surface area contributed by atoms with Gasteiger partial charge in [0.15, 0.2) is 0 Å². The van der Waals surface area contributed by atoms with Gasteiger partial charge < -0.3 is 11.1 Å². The minimum absolute atomic E-state index is 0.0444. The molecular weight excluding hydrogens is 280 g/mol. The van der Waals surface area contributed by atoms with Crippen LogP contribution in [0.15, 0.2) is 18.2 Å². The van der Waals surface area contributed by atoms with Gasteiger partial charge in [0, 0.05) is 16.1 Å². The smallest absolute Gasteiger partial charge is 0.263 e. The van der Waals surface area contributed by atoms with E-state index < -0.39 is 0 Å². The number of nitrogen functional groups attached to an aromatic ring is 1. The summed E-state index contributed by atoms with van der Waals surface area (Å²) in [4.78, 5) is 13.0. The van der Waals surface area contributed by atoms with E-state index in [1.807, 2.05) is 25.1 Å². The number of hydrogen-bond donors (Lipinski definition) is 2. The third-order valence-electron chi connectivity index (χ3n) is 3.78. The maximum absolute atomic E-state index is 12.4. The Balaban J connectivity index is 2.13. The quantitative estimate of drug-likeness (QED) is 0.772. The zero-order valence-corrected chi connectivity index (χ0v) is 13.8. The van der Waals surface area contributed by atoms with Crippen LogP contribution in [0.2, 0.25) is 0 Å². The number of carbonyl (C=O) groups is 1. The summed E-state index contributed by atoms with van der Waals surface area (Å²) >= 11 is 1.49. The molecule has 114 valence electrons. The van der Waals surface area contributed by atoms with E-state index in [0.29, 0.717) is 10.6 Å². The third kappa shape index (κ3) is 3.56. The van der Waals surface area contributed by atoms with E-state index in [4.69, 9.17) is 5.73 Å². The number of aryl methyl sites for hydroxylation is 1. The predicted octanol–water partition coefficient (Wildman–Crippen LogP) is 4.49. The minimum Gasteiger partial charge on any atom is -0.397 e. The molecule has 0 aliphatic heterocycles. The van der Waals surface area contributed by atoms with Crippen molar-refractivity contribution in [3.63, 3.8) is 0 Å². The predicted molar refractivity (Wildman–Crippen MR) is 92.0 cm³/mol. The van der Waals surface area contributed by atoms with Crippen molar-refractivity contribution in [2.24, 2.45) is 0 Å². The van der Waals surface area contributed by atoms with Gasteiger partial charge in [-0.05, 0) is 25.8 Å². The Morgan fingerprint density at radius 2 is 2.14 bits per heavy atom. The first-order valence-electron chi connectivity index (χ1n) is 7.63. The molecule has 1 atom stereocenters. The summed E-state index contributed by atoms with van der Waals surface area (Å²) in [5.41, 5.74) is 7.93. The largest absolute Gasteiger partial charge is 0.397 e. The highest BCUT2D eigenvalue weighted by Gasteiger charge is 2.18. The molecular formula is C17H24N2OS. The van der Waals surface area contributed by atoms with Gasteiger partial charge in [-0.1, -0.05) is 44.4 Å². The number of anilines is 1. The molecule has 3 nitrogen and oxygen atoms in total. The van der Waals surface area contributed by atoms with Crippen LogP contribution in [0.3, 0.4) is 0 Å². The van der Waals surface area contributed by atoms with Crippen molar-refractivity contribution in [1.82, 2.24) is 5.32 Å². The summed E-state index contributed by atoms with van der Waals surface area (Å²) in [6.45, 7) is 6.29. The molecule has 0 fully saturated rings. The lowest BCUT2D eigenvalue weighted by molar-refractivity contribution is 0.0943. The highest BCUT2D eigenvalue weighted by Crippen LogP contribution is 2.35. The van der Waals surface area contributed by atoms with E-state index in [1.165, 1.54) is 29.7 Å². The van der Waals surface area contributed by atoms with Crippen LogP contribution in [0.1, 0.15) is 54.8 Å². The van der Waals surface area contributed by atoms with E-state index in [1.54, 1.807) is 0 Å². The maximum Gasteiger partial charge on any atom is 0.263 e. The van der Waals surface area contributed by atoms with Gasteiger partial charge in [0.25, 0.3) is 5.91 Å². The lowest BCUT2D eigenvalue weighted by atomic mass is 10.1. The fourth-order valence-corrected chi connectivity index (χ4v) is 3.60. The normalized spacial score (nSPS) is 12.5. The van der Waals surface area contributed by atoms with Gasteiger partial charge in [0.1, 0.15) is 4.88 Å². The fraction of sp³-hybridized carbons (Fsp3) is 0.471. The van der Waals surface area contributed by atoms with Crippen LogP contribution in [0.4, 0.5) is 5.69 Å². The monoisotopic (exact) mass is 304 g/mol. The average Bonchev–Trinajstić information content (AvgIpc) is 2.78. The number of thiophene rings is 1. The lowest BCUT2D eigenvalue weighted by Crippen LogP contribution is -2.32. The minimum atomic E-state index is -0.0444. The molecule has 0 aliphatic carbocycles. The Bertz CT molecular complexity index is 633. The SMILES string of the molecule is CCCCCC(C)NC(=O)c1sc2c(C)cccc2c1N. The number of hydrogen-bond acceptors (Lipinski definition) is 3. The Morgan fingerprint density at radius 1 is 1.38 bits per heavy atom. The standard InChI is InChI=1S/C17H24N2OS/c1-4-5-6-9-12(3)19-17(20)16-14(18)13-10-7-8-11(2)15(13)21-16/h7-8,10,12H,4-6,9,18H2,1-3H3,(H,19,20). The number of fused-ring (bicyclic) bond motifs is 1. The van der Waals surface area contributed by atoms with Crippen LogP contribution in [-0.2, 0) is 0 Å². The van der Waals surface area contributed by atoms with E-state index >= 15 is 0 Å². The molecule has 0 aliphatic rings. The number of nitrogens with one attached hydrogen (secondary N) is 1. The molecule has 1 aromatic heterocycles. The molecule has 1 unspecified atom stereocenters. The van der Waals surface area contributed by atoms with Crippen LogP contribution in [-0.4, -0.2) is 11.9 Å². The van der Waals surface area contributed by atoms with Crippen molar-refractivity contribution in [3.8, 4) is 0 Å². The molecule has 1 amide bonds. The number of carbonyl (C=O) groups excluding carboxylic acids is 1. The van der Waals surface area contributed by atoms with Gasteiger partial charge >= 0.3 is 0 Å². The molecule has 0 saturated heterocycles. The first-order chi connectivity index (χ1) is 10.0. The maximum atomic E-state index is 12.4. The van der Waals surface area contributed by atoms with Gasteiger partial charge in [-0.15, -0.1) is 11.3 Å². The summed E-state index contributed by atoms with van der Waals surface area (Å²) in [5, 5.41) is 4.06. The van der Waals surface area contributed by atoms with Crippen LogP contribution in [0.25, 0.3) is 10.1 Å². The Hall–Kier alpha value is -1.55. The number of benzene rings is 1. The Kier molecular flexibility index (Phi) is 5.23. The second kappa shape index (κ2) is 6.94. The van der Waals surface area contributed by atoms with Gasteiger partial charge in [0.2, 0.25) is 0 Å². The third-order valence-corrected chi connectivity index (χ3v) is 5.13. The highest BCUT2D eigenvalue weighted by atomic mass is 32.1. The summed E-state index contributed by atoms with van der Waals surface area (Å²) in [6, 6.07) is 6.20. The molecule has 0 bridgehead atoms. The Morgan fingerprint density at radius 3 is 2.81 bits per heavy atom. The summed E-state index contributed by atoms with van der Waals surface area (Å²) in [6.07, 6.45) is 4.58. The van der Waals surface area contributed by atoms with E-state index in [9.17, 15) is 4.79 Å². The molecule has 21 heavy (non-hydrogen) atoms. The van der Waals surface area contributed by atoms with Gasteiger partial charge in [-0.25, -0.2) is 0 Å². The second-order valence-corrected chi connectivity index (χ2v) is 6.69. The summed E-state index contributed by atoms with van der Waals surface area (Å²) in [5.74, 6) is -0.0444. The van der Waals surface area contributed by atoms with Gasteiger partial charge in [0.05, 0.1) is 5.69 Å². The molecule has 1 heterocycles. The topological polar surface area (TPSA) is 55.1 Å². The zero-order valence-electron chi connectivity index (χ0n) is 13.0. The van der Waals surface area contributed by atoms with Crippen molar-refractivity contribution in [1.29, 1.82) is 0 Å². The summed E-state index contributed by atoms with van der Waals surface area (Å²) in [7, 11) is 0. The van der Waals surface area contributed by atoms with Gasteiger partial charge in [-0.3, -0.25) is 4.79 Å². The summed E-state index contributed by atoms with van der Waals surface area (Å²) < 4.78 is 1.11. The zero-order chi connectivity index (χ0) is 15.4. The Labute approximate surface area is 130 Å². The van der Waals surface area contributed by atoms with E-state index in [-0.39, 0.29) is 11.9 Å². The van der Waals surface area contributed by atoms with Crippen molar-refractivity contribution < 1.29 is 4.79 Å². The number of rotatable bonds is 6. The van der Waals surface area contributed by atoms with Crippen LogP contribution >= 0.6 is 11.3 Å². The van der Waals surface area contributed by atoms with Crippen LogP contribution in [0, 0.1) is 6.92 Å². The average molecular weight is 304 g/mol. The number of amides is 1. The first-order valence-corrected chi connectivity index (χ1v) is 8.44. The molecule has 0 saturated carbocycles. The molecule has 0 radical (unpaired) electrons.